The van der Waals surface area contributed by atoms with Crippen molar-refractivity contribution in [2.24, 2.45) is 5.73 Å². The van der Waals surface area contributed by atoms with Gasteiger partial charge in [-0.15, -0.1) is 0 Å². The molecule has 5 aromatic rings. The predicted molar refractivity (Wildman–Crippen MR) is 239 cm³/mol. The Hall–Kier alpha value is -6.15. The zero-order valence-corrected chi connectivity index (χ0v) is 34.6. The number of amides is 2. The minimum Gasteiger partial charge on any atom is -0.370 e. The van der Waals surface area contributed by atoms with Crippen LogP contribution in [0.1, 0.15) is 91.6 Å². The number of hydrogen-bond acceptors (Lipinski definition) is 4. The molecule has 0 radical (unpaired) electrons. The van der Waals surface area contributed by atoms with Crippen molar-refractivity contribution < 1.29 is 23.3 Å². The number of rotatable bonds is 16. The molecule has 0 saturated carbocycles. The summed E-state index contributed by atoms with van der Waals surface area (Å²) < 4.78 is 14.9. The second-order valence-corrected chi connectivity index (χ2v) is 16.6. The van der Waals surface area contributed by atoms with E-state index in [1.54, 1.807) is 24.3 Å². The summed E-state index contributed by atoms with van der Waals surface area (Å²) in [7, 11) is 0. The van der Waals surface area contributed by atoms with Crippen LogP contribution in [0.5, 0.6) is 0 Å². The van der Waals surface area contributed by atoms with Crippen LogP contribution < -0.4 is 16.0 Å². The topological polar surface area (TPSA) is 95.5 Å². The van der Waals surface area contributed by atoms with Crippen molar-refractivity contribution in [3.05, 3.63) is 155 Å². The predicted octanol–water partition coefficient (Wildman–Crippen LogP) is 10.2. The van der Waals surface area contributed by atoms with Gasteiger partial charge in [0.2, 0.25) is 11.6 Å². The second-order valence-electron chi connectivity index (χ2n) is 16.6. The number of allylic oxidation sites excluding steroid dienone is 6. The van der Waals surface area contributed by atoms with E-state index >= 15 is 0 Å². The summed E-state index contributed by atoms with van der Waals surface area (Å²) in [5.74, 6) is -0.622. The first-order chi connectivity index (χ1) is 28.4. The molecule has 3 N–H and O–H groups in total. The number of ketones is 1. The van der Waals surface area contributed by atoms with Gasteiger partial charge in [-0.3, -0.25) is 18.8 Å². The van der Waals surface area contributed by atoms with Gasteiger partial charge in [-0.2, -0.15) is 4.58 Å². The number of fused-ring (bicyclic) bond motifs is 6. The lowest BCUT2D eigenvalue weighted by molar-refractivity contribution is -0.438. The second kappa shape index (κ2) is 17.4. The number of primary amides is 1. The van der Waals surface area contributed by atoms with E-state index in [9.17, 15) is 18.8 Å². The molecule has 2 aliphatic heterocycles. The number of carbonyl (C=O) groups excluding carboxylic acids is 3. The maximum absolute atomic E-state index is 12.9. The number of hydrogen-bond donors (Lipinski definition) is 2. The summed E-state index contributed by atoms with van der Waals surface area (Å²) in [4.78, 5) is 39.3. The van der Waals surface area contributed by atoms with Gasteiger partial charge in [0.1, 0.15) is 6.54 Å². The molecule has 2 heterocycles. The van der Waals surface area contributed by atoms with Gasteiger partial charge < -0.3 is 16.0 Å². The van der Waals surface area contributed by atoms with Gasteiger partial charge in [-0.25, -0.2) is 0 Å². The number of alkyl halides is 1. The third kappa shape index (κ3) is 8.27. The zero-order chi connectivity index (χ0) is 41.7. The average Bonchev–Trinajstić information content (AvgIpc) is 3.59. The Morgan fingerprint density at radius 3 is 2.08 bits per heavy atom. The van der Waals surface area contributed by atoms with Crippen molar-refractivity contribution in [3.8, 4) is 0 Å². The molecule has 0 saturated heterocycles. The van der Waals surface area contributed by atoms with Crippen LogP contribution in [0.4, 0.5) is 15.8 Å². The fraction of sp³-hybridized carbons (Fsp3) is 0.294. The highest BCUT2D eigenvalue weighted by Gasteiger charge is 2.45. The van der Waals surface area contributed by atoms with E-state index in [0.717, 1.165) is 30.8 Å². The van der Waals surface area contributed by atoms with Crippen molar-refractivity contribution in [2.75, 3.05) is 31.2 Å². The number of nitrogens with zero attached hydrogens (tertiary/aromatic N) is 2. The van der Waals surface area contributed by atoms with E-state index in [4.69, 9.17) is 5.73 Å². The number of anilines is 1. The maximum atomic E-state index is 12.9. The number of nitrogens with one attached hydrogen (secondary N) is 1. The Morgan fingerprint density at radius 2 is 1.39 bits per heavy atom. The molecule has 0 aromatic heterocycles. The summed E-state index contributed by atoms with van der Waals surface area (Å²) in [5, 5.41) is 7.90. The third-order valence-corrected chi connectivity index (χ3v) is 11.9. The van der Waals surface area contributed by atoms with Gasteiger partial charge in [0.15, 0.2) is 11.5 Å². The van der Waals surface area contributed by atoms with Crippen LogP contribution in [0.25, 0.3) is 21.5 Å². The minimum atomic E-state index is -0.522. The molecule has 0 bridgehead atoms. The molecule has 0 fully saturated rings. The average molecular weight is 790 g/mol. The van der Waals surface area contributed by atoms with E-state index in [1.807, 2.05) is 0 Å². The molecule has 5 aromatic carbocycles. The quantitative estimate of drug-likeness (QED) is 0.0450. The normalized spacial score (nSPS) is 16.2. The van der Waals surface area contributed by atoms with Crippen LogP contribution in [0.3, 0.4) is 0 Å². The Kier molecular flexibility index (Phi) is 12.1. The van der Waals surface area contributed by atoms with Gasteiger partial charge >= 0.3 is 0 Å². The SMILES string of the molecule is CC1(C)C(/C=C/C=C/C=C2/N(CCC(N)=O)c3ccc4ccccc4c3C2(C)C)=[N+](CCCCNC(=O)c2ccc(C(=O)CCCF)cc2)c2ccc3ccccc3c21. The molecule has 59 heavy (non-hydrogen) atoms. The Morgan fingerprint density at radius 1 is 0.729 bits per heavy atom. The molecular weight excluding hydrogens is 736 g/mol. The number of nitrogens with two attached hydrogens (primary N) is 1. The highest BCUT2D eigenvalue weighted by Crippen LogP contribution is 2.51. The summed E-state index contributed by atoms with van der Waals surface area (Å²) in [5.41, 5.74) is 13.3. The van der Waals surface area contributed by atoms with Gasteiger partial charge in [0.05, 0.1) is 12.1 Å². The van der Waals surface area contributed by atoms with Crippen molar-refractivity contribution in [2.45, 2.75) is 70.6 Å². The van der Waals surface area contributed by atoms with E-state index in [-0.39, 0.29) is 47.7 Å². The van der Waals surface area contributed by atoms with Crippen LogP contribution >= 0.6 is 0 Å². The zero-order valence-electron chi connectivity index (χ0n) is 34.6. The molecule has 0 aliphatic carbocycles. The number of halogens is 1. The molecule has 7 rings (SSSR count). The van der Waals surface area contributed by atoms with Gasteiger partial charge in [-0.1, -0.05) is 98.8 Å². The lowest BCUT2D eigenvalue weighted by Gasteiger charge is -2.26. The van der Waals surface area contributed by atoms with Crippen molar-refractivity contribution in [1.82, 2.24) is 5.32 Å². The summed E-state index contributed by atoms with van der Waals surface area (Å²) in [6.45, 7) is 10.4. The summed E-state index contributed by atoms with van der Waals surface area (Å²) >= 11 is 0. The van der Waals surface area contributed by atoms with Crippen molar-refractivity contribution in [1.29, 1.82) is 0 Å². The highest BCUT2D eigenvalue weighted by atomic mass is 19.1. The Labute approximate surface area is 346 Å². The van der Waals surface area contributed by atoms with Crippen molar-refractivity contribution >= 4 is 56.2 Å². The lowest BCUT2D eigenvalue weighted by atomic mass is 9.79. The number of carbonyl (C=O) groups is 3. The first-order valence-corrected chi connectivity index (χ1v) is 20.7. The highest BCUT2D eigenvalue weighted by molar-refractivity contribution is 6.07. The van der Waals surface area contributed by atoms with Gasteiger partial charge in [-0.05, 0) is 84.1 Å². The summed E-state index contributed by atoms with van der Waals surface area (Å²) in [6, 6.07) is 32.4. The molecule has 2 amide bonds. The minimum absolute atomic E-state index is 0.118. The van der Waals surface area contributed by atoms with Crippen LogP contribution in [0.15, 0.2) is 133 Å². The van der Waals surface area contributed by atoms with Crippen molar-refractivity contribution in [3.63, 3.8) is 0 Å². The molecule has 2 aliphatic rings. The third-order valence-electron chi connectivity index (χ3n) is 11.9. The van der Waals surface area contributed by atoms with Crippen LogP contribution in [-0.4, -0.2) is 54.2 Å². The first kappa shape index (κ1) is 41.0. The lowest BCUT2D eigenvalue weighted by Crippen LogP contribution is -2.29. The Balaban J connectivity index is 1.10. The number of Topliss-reactive ketones (excluding diaryl/α,β-unsaturated/α-hetero) is 1. The van der Waals surface area contributed by atoms with Gasteiger partial charge in [0, 0.05) is 78.0 Å². The van der Waals surface area contributed by atoms with E-state index in [1.165, 1.54) is 44.1 Å². The van der Waals surface area contributed by atoms with E-state index in [2.05, 4.69) is 146 Å². The van der Waals surface area contributed by atoms with E-state index < -0.39 is 6.67 Å². The molecule has 0 atom stereocenters. The Bertz CT molecular complexity index is 2540. The summed E-state index contributed by atoms with van der Waals surface area (Å²) in [6.07, 6.45) is 13.0. The molecule has 7 nitrogen and oxygen atoms in total. The number of benzene rings is 5. The number of unbranched alkanes of at least 4 members (excludes halogenated alkanes) is 1. The van der Waals surface area contributed by atoms with Crippen LogP contribution in [-0.2, 0) is 15.6 Å². The molecule has 302 valence electrons. The molecular formula is C51H54FN4O3+. The monoisotopic (exact) mass is 789 g/mol. The van der Waals surface area contributed by atoms with E-state index in [0.29, 0.717) is 24.2 Å². The largest absolute Gasteiger partial charge is 0.370 e. The van der Waals surface area contributed by atoms with Crippen LogP contribution in [0.2, 0.25) is 0 Å². The maximum Gasteiger partial charge on any atom is 0.251 e. The fourth-order valence-electron chi connectivity index (χ4n) is 9.01. The van der Waals surface area contributed by atoms with Crippen LogP contribution in [0, 0.1) is 0 Å². The smallest absolute Gasteiger partial charge is 0.251 e. The van der Waals surface area contributed by atoms with Gasteiger partial charge in [0.25, 0.3) is 5.91 Å². The molecule has 8 heteroatoms. The molecule has 0 unspecified atom stereocenters. The fourth-order valence-corrected chi connectivity index (χ4v) is 9.01. The standard InChI is InChI=1S/C51H53FN4O3/c1-50(2)44(20-6-5-7-21-45-51(3,4)48-40-18-11-9-16-36(40)27-29-42(48)56(45)34-30-46(53)58)55(41-28-26-35-15-8-10-17-39(35)47(41)50)33-13-12-32-54-49(59)38-24-22-37(23-25-38)43(57)19-14-31-52/h5-11,15-18,20-29H,12-14,19,30-34H2,1-4H3,(H2-,53,54,58,59)/p+1. The first-order valence-electron chi connectivity index (χ1n) is 20.7. The molecule has 0 spiro atoms.